The summed E-state index contributed by atoms with van der Waals surface area (Å²) in [5.74, 6) is -0.187. The number of carbonyl (C=O) groups excluding carboxylic acids is 1. The van der Waals surface area contributed by atoms with E-state index in [9.17, 15) is 4.79 Å². The van der Waals surface area contributed by atoms with Crippen LogP contribution in [0.4, 0.5) is 0 Å². The van der Waals surface area contributed by atoms with E-state index < -0.39 is 0 Å². The molecule has 1 atom stereocenters. The third-order valence-corrected chi connectivity index (χ3v) is 3.64. The number of carbonyl (C=O) groups is 1. The fraction of sp³-hybridized carbons (Fsp3) is 0.588. The summed E-state index contributed by atoms with van der Waals surface area (Å²) in [7, 11) is 5.25. The number of hydrogen-bond acceptors (Lipinski definition) is 3. The molecule has 20 heavy (non-hydrogen) atoms. The van der Waals surface area contributed by atoms with Crippen LogP contribution in [0.15, 0.2) is 18.2 Å². The van der Waals surface area contributed by atoms with Gasteiger partial charge in [-0.25, -0.2) is 0 Å². The molecule has 3 nitrogen and oxygen atoms in total. The molecule has 1 aromatic rings. The quantitative estimate of drug-likeness (QED) is 0.793. The number of benzene rings is 1. The van der Waals surface area contributed by atoms with E-state index in [-0.39, 0.29) is 17.4 Å². The van der Waals surface area contributed by atoms with Crippen LogP contribution in [0.5, 0.6) is 0 Å². The first-order valence-corrected chi connectivity index (χ1v) is 7.01. The van der Waals surface area contributed by atoms with E-state index in [1.807, 2.05) is 19.0 Å². The van der Waals surface area contributed by atoms with Crippen LogP contribution in [0.25, 0.3) is 0 Å². The fourth-order valence-corrected chi connectivity index (χ4v) is 2.44. The van der Waals surface area contributed by atoms with E-state index in [1.54, 1.807) is 0 Å². The van der Waals surface area contributed by atoms with Gasteiger partial charge in [0.05, 0.1) is 7.11 Å². The van der Waals surface area contributed by atoms with Gasteiger partial charge < -0.3 is 4.74 Å². The summed E-state index contributed by atoms with van der Waals surface area (Å²) in [6.45, 7) is 8.77. The number of methoxy groups -OCH3 is 1. The summed E-state index contributed by atoms with van der Waals surface area (Å²) >= 11 is 0. The molecule has 1 unspecified atom stereocenters. The van der Waals surface area contributed by atoms with Crippen molar-refractivity contribution in [2.45, 2.75) is 45.6 Å². The number of ether oxygens (including phenoxy) is 1. The van der Waals surface area contributed by atoms with Crippen molar-refractivity contribution in [3.63, 3.8) is 0 Å². The van der Waals surface area contributed by atoms with Crippen molar-refractivity contribution in [2.75, 3.05) is 21.2 Å². The Bertz CT molecular complexity index is 472. The minimum absolute atomic E-state index is 0.110. The molecule has 0 aromatic heterocycles. The Kier molecular flexibility index (Phi) is 5.35. The number of hydrogen-bond donors (Lipinski definition) is 0. The maximum atomic E-state index is 11.8. The Morgan fingerprint density at radius 1 is 1.30 bits per heavy atom. The lowest BCUT2D eigenvalue weighted by Crippen LogP contribution is -2.38. The number of rotatable bonds is 4. The zero-order chi connectivity index (χ0) is 15.5. The Labute approximate surface area is 122 Å². The average molecular weight is 277 g/mol. The Morgan fingerprint density at radius 3 is 2.35 bits per heavy atom. The Morgan fingerprint density at radius 2 is 1.90 bits per heavy atom. The number of aryl methyl sites for hydroxylation is 1. The highest BCUT2D eigenvalue weighted by Crippen LogP contribution is 2.27. The molecule has 112 valence electrons. The molecule has 0 amide bonds. The van der Waals surface area contributed by atoms with Crippen LogP contribution in [0.2, 0.25) is 0 Å². The zero-order valence-corrected chi connectivity index (χ0v) is 13.8. The van der Waals surface area contributed by atoms with Gasteiger partial charge in [0.15, 0.2) is 0 Å². The van der Waals surface area contributed by atoms with Gasteiger partial charge in [-0.1, -0.05) is 39.0 Å². The molecular weight excluding hydrogens is 250 g/mol. The molecule has 0 N–H and O–H groups in total. The predicted octanol–water partition coefficient (Wildman–Crippen LogP) is 2.94. The number of nitrogens with zero attached hydrogens (tertiary/aromatic N) is 1. The summed E-state index contributed by atoms with van der Waals surface area (Å²) in [5, 5.41) is 0. The van der Waals surface area contributed by atoms with Crippen molar-refractivity contribution in [3.05, 3.63) is 34.9 Å². The van der Waals surface area contributed by atoms with Crippen molar-refractivity contribution in [1.29, 1.82) is 0 Å². The first-order chi connectivity index (χ1) is 9.16. The van der Waals surface area contributed by atoms with Gasteiger partial charge in [0, 0.05) is 0 Å². The second-order valence-electron chi connectivity index (χ2n) is 6.61. The van der Waals surface area contributed by atoms with Gasteiger partial charge in [-0.3, -0.25) is 9.69 Å². The largest absolute Gasteiger partial charge is 0.468 e. The molecule has 0 heterocycles. The maximum absolute atomic E-state index is 11.8. The van der Waals surface area contributed by atoms with Crippen molar-refractivity contribution in [3.8, 4) is 0 Å². The molecule has 0 aliphatic carbocycles. The van der Waals surface area contributed by atoms with Gasteiger partial charge in [0.1, 0.15) is 6.04 Å². The molecule has 3 heteroatoms. The molecule has 0 radical (unpaired) electrons. The molecule has 0 bridgehead atoms. The Hall–Kier alpha value is -1.35. The summed E-state index contributed by atoms with van der Waals surface area (Å²) in [5.41, 5.74) is 3.90. The van der Waals surface area contributed by atoms with Crippen LogP contribution in [0, 0.1) is 6.92 Å². The van der Waals surface area contributed by atoms with Gasteiger partial charge >= 0.3 is 5.97 Å². The molecule has 0 spiro atoms. The minimum Gasteiger partial charge on any atom is -0.468 e. The fourth-order valence-electron chi connectivity index (χ4n) is 2.44. The SMILES string of the molecule is COC(=O)C(Cc1ccc(C)c(C(C)(C)C)c1)N(C)C. The van der Waals surface area contributed by atoms with Crippen molar-refractivity contribution >= 4 is 5.97 Å². The Balaban J connectivity index is 3.06. The van der Waals surface area contributed by atoms with E-state index >= 15 is 0 Å². The zero-order valence-electron chi connectivity index (χ0n) is 13.8. The summed E-state index contributed by atoms with van der Waals surface area (Å²) in [4.78, 5) is 13.7. The third-order valence-electron chi connectivity index (χ3n) is 3.64. The normalized spacial score (nSPS) is 13.4. The predicted molar refractivity (Wildman–Crippen MR) is 83.1 cm³/mol. The summed E-state index contributed by atoms with van der Waals surface area (Å²) in [6.07, 6.45) is 0.670. The molecule has 0 saturated heterocycles. The van der Waals surface area contributed by atoms with Crippen molar-refractivity contribution in [2.24, 2.45) is 0 Å². The van der Waals surface area contributed by atoms with Crippen molar-refractivity contribution < 1.29 is 9.53 Å². The highest BCUT2D eigenvalue weighted by Gasteiger charge is 2.23. The van der Waals surface area contributed by atoms with Crippen LogP contribution in [0.1, 0.15) is 37.5 Å². The number of esters is 1. The second kappa shape index (κ2) is 6.40. The topological polar surface area (TPSA) is 29.5 Å². The molecular formula is C17H27NO2. The minimum atomic E-state index is -0.240. The van der Waals surface area contributed by atoms with Gasteiger partial charge in [-0.05, 0) is 49.5 Å². The van der Waals surface area contributed by atoms with E-state index in [0.717, 1.165) is 0 Å². The monoisotopic (exact) mass is 277 g/mol. The van der Waals surface area contributed by atoms with Gasteiger partial charge in [-0.15, -0.1) is 0 Å². The van der Waals surface area contributed by atoms with Crippen LogP contribution < -0.4 is 0 Å². The molecule has 1 rings (SSSR count). The molecule has 0 aliphatic rings. The first kappa shape index (κ1) is 16.7. The van der Waals surface area contributed by atoms with Gasteiger partial charge in [0.2, 0.25) is 0 Å². The highest BCUT2D eigenvalue weighted by atomic mass is 16.5. The second-order valence-corrected chi connectivity index (χ2v) is 6.61. The van der Waals surface area contributed by atoms with Gasteiger partial charge in [-0.2, -0.15) is 0 Å². The standard InChI is InChI=1S/C17H27NO2/c1-12-8-9-13(10-14(12)17(2,3)4)11-15(18(5)6)16(19)20-7/h8-10,15H,11H2,1-7H3. The highest BCUT2D eigenvalue weighted by molar-refractivity contribution is 5.76. The first-order valence-electron chi connectivity index (χ1n) is 7.01. The lowest BCUT2D eigenvalue weighted by molar-refractivity contribution is -0.145. The molecule has 0 aliphatic heterocycles. The lowest BCUT2D eigenvalue weighted by Gasteiger charge is -2.25. The van der Waals surface area contributed by atoms with Crippen LogP contribution in [-0.2, 0) is 21.4 Å². The lowest BCUT2D eigenvalue weighted by atomic mass is 9.82. The van der Waals surface area contributed by atoms with Crippen molar-refractivity contribution in [1.82, 2.24) is 4.90 Å². The van der Waals surface area contributed by atoms with Gasteiger partial charge in [0.25, 0.3) is 0 Å². The van der Waals surface area contributed by atoms with E-state index in [0.29, 0.717) is 6.42 Å². The third kappa shape index (κ3) is 4.07. The average Bonchev–Trinajstić information content (AvgIpc) is 2.35. The summed E-state index contributed by atoms with van der Waals surface area (Å²) in [6, 6.07) is 6.22. The molecule has 1 aromatic carbocycles. The maximum Gasteiger partial charge on any atom is 0.323 e. The molecule has 0 saturated carbocycles. The van der Waals surface area contributed by atoms with Crippen LogP contribution in [0.3, 0.4) is 0 Å². The van der Waals surface area contributed by atoms with Crippen LogP contribution >= 0.6 is 0 Å². The summed E-state index contributed by atoms with van der Waals surface area (Å²) < 4.78 is 4.89. The van der Waals surface area contributed by atoms with E-state index in [2.05, 4.69) is 45.9 Å². The number of likely N-dealkylation sites (N-methyl/N-ethyl adjacent to an activating group) is 1. The van der Waals surface area contributed by atoms with E-state index in [1.165, 1.54) is 23.8 Å². The van der Waals surface area contributed by atoms with E-state index in [4.69, 9.17) is 4.74 Å². The smallest absolute Gasteiger partial charge is 0.323 e. The van der Waals surface area contributed by atoms with Crippen LogP contribution in [-0.4, -0.2) is 38.1 Å². The molecule has 0 fully saturated rings.